The van der Waals surface area contributed by atoms with Gasteiger partial charge in [0, 0.05) is 0 Å². The van der Waals surface area contributed by atoms with E-state index in [-0.39, 0.29) is 21.8 Å². The second-order valence-corrected chi connectivity index (χ2v) is 8.40. The van der Waals surface area contributed by atoms with Gasteiger partial charge < -0.3 is 4.74 Å². The quantitative estimate of drug-likeness (QED) is 0.499. The number of cyclic esters (lactones) is 2. The van der Waals surface area contributed by atoms with Crippen molar-refractivity contribution in [2.45, 2.75) is 22.1 Å². The van der Waals surface area contributed by atoms with E-state index in [1.54, 1.807) is 42.5 Å². The van der Waals surface area contributed by atoms with Crippen LogP contribution >= 0.6 is 0 Å². The Hall–Kier alpha value is -3.25. The first kappa shape index (κ1) is 18.1. The molecular formula is C22H16O5S. The summed E-state index contributed by atoms with van der Waals surface area (Å²) in [5, 5.41) is 0. The summed E-state index contributed by atoms with van der Waals surface area (Å²) < 4.78 is 31.0. The molecule has 0 N–H and O–H groups in total. The number of rotatable bonds is 4. The highest BCUT2D eigenvalue weighted by Crippen LogP contribution is 2.35. The second-order valence-electron chi connectivity index (χ2n) is 6.48. The zero-order valence-electron chi connectivity index (χ0n) is 14.7. The summed E-state index contributed by atoms with van der Waals surface area (Å²) in [4.78, 5) is 23.5. The van der Waals surface area contributed by atoms with Crippen molar-refractivity contribution in [2.24, 2.45) is 0 Å². The van der Waals surface area contributed by atoms with Gasteiger partial charge in [-0.05, 0) is 34.9 Å². The van der Waals surface area contributed by atoms with E-state index in [4.69, 9.17) is 0 Å². The van der Waals surface area contributed by atoms with Gasteiger partial charge in [0.25, 0.3) is 0 Å². The lowest BCUT2D eigenvalue weighted by Crippen LogP contribution is -2.12. The number of carbonyl (C=O) groups is 2. The maximum absolute atomic E-state index is 13.2. The van der Waals surface area contributed by atoms with Crippen molar-refractivity contribution in [1.29, 1.82) is 0 Å². The Morgan fingerprint density at radius 3 is 2.00 bits per heavy atom. The normalized spacial score (nSPS) is 16.8. The first-order valence-corrected chi connectivity index (χ1v) is 10.2. The Kier molecular flexibility index (Phi) is 4.57. The molecule has 0 saturated carbocycles. The molecule has 3 aromatic carbocycles. The van der Waals surface area contributed by atoms with Gasteiger partial charge in [-0.3, -0.25) is 9.59 Å². The first-order valence-electron chi connectivity index (χ1n) is 8.71. The highest BCUT2D eigenvalue weighted by molar-refractivity contribution is 7.91. The first-order chi connectivity index (χ1) is 13.5. The van der Waals surface area contributed by atoms with E-state index in [9.17, 15) is 18.0 Å². The molecule has 6 heteroatoms. The Morgan fingerprint density at radius 1 is 0.750 bits per heavy atom. The molecule has 0 spiro atoms. The van der Waals surface area contributed by atoms with E-state index in [0.29, 0.717) is 0 Å². The minimum Gasteiger partial charge on any atom is -0.393 e. The van der Waals surface area contributed by atoms with Gasteiger partial charge in [-0.1, -0.05) is 60.7 Å². The van der Waals surface area contributed by atoms with Crippen molar-refractivity contribution in [3.8, 4) is 11.1 Å². The van der Waals surface area contributed by atoms with Crippen LogP contribution in [0.3, 0.4) is 0 Å². The fraction of sp³-hybridized carbons (Fsp3) is 0.0909. The highest BCUT2D eigenvalue weighted by atomic mass is 32.2. The molecule has 5 nitrogen and oxygen atoms in total. The predicted octanol–water partition coefficient (Wildman–Crippen LogP) is 3.74. The number of benzene rings is 3. The monoisotopic (exact) mass is 392 g/mol. The lowest BCUT2D eigenvalue weighted by Gasteiger charge is -2.13. The molecule has 0 amide bonds. The maximum Gasteiger partial charge on any atom is 0.321 e. The highest BCUT2D eigenvalue weighted by Gasteiger charge is 2.38. The SMILES string of the molecule is O=C1CC(c2ccccc2S(=O)(=O)c2ccc(-c3ccccc3)cc2)C(=O)O1. The Bertz CT molecular complexity index is 1150. The third-order valence-corrected chi connectivity index (χ3v) is 6.57. The predicted molar refractivity (Wildman–Crippen MR) is 102 cm³/mol. The average molecular weight is 392 g/mol. The van der Waals surface area contributed by atoms with E-state index < -0.39 is 27.7 Å². The largest absolute Gasteiger partial charge is 0.393 e. The zero-order chi connectivity index (χ0) is 19.7. The fourth-order valence-corrected chi connectivity index (χ4v) is 4.84. The van der Waals surface area contributed by atoms with Crippen LogP contribution in [-0.4, -0.2) is 20.4 Å². The molecule has 1 saturated heterocycles. The van der Waals surface area contributed by atoms with Crippen LogP contribution in [0.2, 0.25) is 0 Å². The van der Waals surface area contributed by atoms with Crippen molar-refractivity contribution >= 4 is 21.8 Å². The summed E-state index contributed by atoms with van der Waals surface area (Å²) in [6, 6.07) is 22.5. The third kappa shape index (κ3) is 3.23. The van der Waals surface area contributed by atoms with Crippen molar-refractivity contribution in [2.75, 3.05) is 0 Å². The van der Waals surface area contributed by atoms with Crippen LogP contribution in [-0.2, 0) is 24.2 Å². The maximum atomic E-state index is 13.2. The molecule has 0 aromatic heterocycles. The van der Waals surface area contributed by atoms with Crippen LogP contribution in [0.15, 0.2) is 88.7 Å². The smallest absolute Gasteiger partial charge is 0.321 e. The molecule has 1 aliphatic rings. The van der Waals surface area contributed by atoms with Crippen LogP contribution in [0.5, 0.6) is 0 Å². The molecule has 0 bridgehead atoms. The van der Waals surface area contributed by atoms with Crippen LogP contribution in [0.25, 0.3) is 11.1 Å². The van der Waals surface area contributed by atoms with Crippen LogP contribution in [0, 0.1) is 0 Å². The van der Waals surface area contributed by atoms with E-state index in [1.807, 2.05) is 30.3 Å². The van der Waals surface area contributed by atoms with E-state index in [2.05, 4.69) is 4.74 Å². The molecule has 4 rings (SSSR count). The van der Waals surface area contributed by atoms with Crippen LogP contribution < -0.4 is 0 Å². The number of esters is 2. The number of carbonyl (C=O) groups excluding carboxylic acids is 2. The van der Waals surface area contributed by atoms with Gasteiger partial charge in [-0.25, -0.2) is 8.42 Å². The van der Waals surface area contributed by atoms with E-state index in [0.717, 1.165) is 11.1 Å². The number of ether oxygens (including phenoxy) is 1. The van der Waals surface area contributed by atoms with Crippen molar-refractivity contribution in [3.05, 3.63) is 84.4 Å². The molecule has 0 aliphatic carbocycles. The zero-order valence-corrected chi connectivity index (χ0v) is 15.6. The van der Waals surface area contributed by atoms with Gasteiger partial charge in [0.1, 0.15) is 0 Å². The minimum absolute atomic E-state index is 0.0131. The Labute approximate surface area is 162 Å². The molecule has 1 unspecified atom stereocenters. The topological polar surface area (TPSA) is 77.5 Å². The molecule has 3 aromatic rings. The molecule has 140 valence electrons. The Morgan fingerprint density at radius 2 is 1.36 bits per heavy atom. The van der Waals surface area contributed by atoms with E-state index in [1.165, 1.54) is 6.07 Å². The van der Waals surface area contributed by atoms with Crippen molar-refractivity contribution in [3.63, 3.8) is 0 Å². The Balaban J connectivity index is 1.74. The summed E-state index contributed by atoms with van der Waals surface area (Å²) in [5.41, 5.74) is 2.17. The minimum atomic E-state index is -3.87. The van der Waals surface area contributed by atoms with Gasteiger partial charge in [-0.2, -0.15) is 0 Å². The van der Waals surface area contributed by atoms with Crippen molar-refractivity contribution in [1.82, 2.24) is 0 Å². The molecule has 28 heavy (non-hydrogen) atoms. The lowest BCUT2D eigenvalue weighted by molar-refractivity contribution is -0.152. The van der Waals surface area contributed by atoms with Gasteiger partial charge in [-0.15, -0.1) is 0 Å². The molecule has 1 heterocycles. The number of hydrogen-bond acceptors (Lipinski definition) is 5. The summed E-state index contributed by atoms with van der Waals surface area (Å²) in [5.74, 6) is -2.26. The van der Waals surface area contributed by atoms with Gasteiger partial charge >= 0.3 is 11.9 Å². The molecular weight excluding hydrogens is 376 g/mol. The number of sulfone groups is 1. The van der Waals surface area contributed by atoms with E-state index >= 15 is 0 Å². The van der Waals surface area contributed by atoms with Crippen LogP contribution in [0.1, 0.15) is 17.9 Å². The summed E-state index contributed by atoms with van der Waals surface area (Å²) in [6.07, 6.45) is -0.154. The summed E-state index contributed by atoms with van der Waals surface area (Å²) >= 11 is 0. The summed E-state index contributed by atoms with van der Waals surface area (Å²) in [7, 11) is -3.87. The lowest BCUT2D eigenvalue weighted by atomic mass is 9.98. The van der Waals surface area contributed by atoms with Gasteiger partial charge in [0.15, 0.2) is 0 Å². The van der Waals surface area contributed by atoms with Gasteiger partial charge in [0.05, 0.1) is 22.1 Å². The molecule has 1 aliphatic heterocycles. The second kappa shape index (κ2) is 7.05. The third-order valence-electron chi connectivity index (χ3n) is 4.73. The molecule has 0 radical (unpaired) electrons. The van der Waals surface area contributed by atoms with Crippen LogP contribution in [0.4, 0.5) is 0 Å². The van der Waals surface area contributed by atoms with Gasteiger partial charge in [0.2, 0.25) is 9.84 Å². The molecule has 1 fully saturated rings. The standard InChI is InChI=1S/C22H16O5S/c23-21-14-19(22(24)27-21)18-8-4-5-9-20(18)28(25,26)17-12-10-16(11-13-17)15-6-2-1-3-7-15/h1-13,19H,14H2. The summed E-state index contributed by atoms with van der Waals surface area (Å²) in [6.45, 7) is 0. The fourth-order valence-electron chi connectivity index (χ4n) is 3.31. The average Bonchev–Trinajstić information content (AvgIpc) is 3.06. The number of hydrogen-bond donors (Lipinski definition) is 0. The molecule has 1 atom stereocenters. The van der Waals surface area contributed by atoms with Crippen molar-refractivity contribution < 1.29 is 22.7 Å².